The standard InChI is InChI=1S/C12H23NO/c1-10(2)13-7-4-12(11(13)3)5-8-14-9-6-12/h10-11H,4-9H2,1-3H3. The number of likely N-dealkylation sites (tertiary alicyclic amines) is 1. The van der Waals surface area contributed by atoms with E-state index in [0.29, 0.717) is 11.5 Å². The lowest BCUT2D eigenvalue weighted by Crippen LogP contribution is -2.43. The zero-order chi connectivity index (χ0) is 10.2. The summed E-state index contributed by atoms with van der Waals surface area (Å²) in [5.74, 6) is 0. The first kappa shape index (κ1) is 10.4. The number of hydrogen-bond acceptors (Lipinski definition) is 2. The molecule has 0 amide bonds. The summed E-state index contributed by atoms with van der Waals surface area (Å²) >= 11 is 0. The van der Waals surface area contributed by atoms with Crippen molar-refractivity contribution in [3.8, 4) is 0 Å². The van der Waals surface area contributed by atoms with Gasteiger partial charge in [-0.2, -0.15) is 0 Å². The Morgan fingerprint density at radius 2 is 1.86 bits per heavy atom. The van der Waals surface area contributed by atoms with Gasteiger partial charge in [0.1, 0.15) is 0 Å². The Morgan fingerprint density at radius 3 is 2.36 bits per heavy atom. The van der Waals surface area contributed by atoms with Crippen LogP contribution in [0.15, 0.2) is 0 Å². The quantitative estimate of drug-likeness (QED) is 0.639. The minimum Gasteiger partial charge on any atom is -0.381 e. The van der Waals surface area contributed by atoms with Gasteiger partial charge >= 0.3 is 0 Å². The second-order valence-electron chi connectivity index (χ2n) is 5.23. The summed E-state index contributed by atoms with van der Waals surface area (Å²) in [6.07, 6.45) is 3.93. The molecule has 2 aliphatic heterocycles. The highest BCUT2D eigenvalue weighted by atomic mass is 16.5. The fourth-order valence-electron chi connectivity index (χ4n) is 3.26. The van der Waals surface area contributed by atoms with Gasteiger partial charge in [0.15, 0.2) is 0 Å². The fourth-order valence-corrected chi connectivity index (χ4v) is 3.26. The van der Waals surface area contributed by atoms with Gasteiger partial charge in [0, 0.05) is 25.3 Å². The Balaban J connectivity index is 2.07. The molecule has 0 radical (unpaired) electrons. The van der Waals surface area contributed by atoms with Crippen molar-refractivity contribution in [2.24, 2.45) is 5.41 Å². The van der Waals surface area contributed by atoms with Crippen molar-refractivity contribution >= 4 is 0 Å². The molecule has 2 aliphatic rings. The van der Waals surface area contributed by atoms with E-state index in [2.05, 4.69) is 25.7 Å². The molecule has 2 heterocycles. The second kappa shape index (κ2) is 3.82. The second-order valence-corrected chi connectivity index (χ2v) is 5.23. The van der Waals surface area contributed by atoms with E-state index in [1.54, 1.807) is 0 Å². The molecule has 0 aliphatic carbocycles. The first-order valence-corrected chi connectivity index (χ1v) is 5.99. The zero-order valence-electron chi connectivity index (χ0n) is 9.75. The molecule has 1 spiro atoms. The first-order valence-electron chi connectivity index (χ1n) is 5.99. The molecular formula is C12H23NO. The lowest BCUT2D eigenvalue weighted by molar-refractivity contribution is -0.00391. The first-order chi connectivity index (χ1) is 6.66. The summed E-state index contributed by atoms with van der Waals surface area (Å²) < 4.78 is 5.48. The molecule has 1 unspecified atom stereocenters. The van der Waals surface area contributed by atoms with Crippen LogP contribution in [0.4, 0.5) is 0 Å². The normalized spacial score (nSPS) is 33.0. The Labute approximate surface area is 87.6 Å². The van der Waals surface area contributed by atoms with E-state index in [1.807, 2.05) is 0 Å². The summed E-state index contributed by atoms with van der Waals surface area (Å²) in [5, 5.41) is 0. The van der Waals surface area contributed by atoms with E-state index in [4.69, 9.17) is 4.74 Å². The van der Waals surface area contributed by atoms with E-state index in [9.17, 15) is 0 Å². The van der Waals surface area contributed by atoms with Crippen LogP contribution in [-0.2, 0) is 4.74 Å². The van der Waals surface area contributed by atoms with Crippen LogP contribution in [-0.4, -0.2) is 36.7 Å². The van der Waals surface area contributed by atoms with Gasteiger partial charge in [-0.1, -0.05) is 0 Å². The predicted molar refractivity (Wildman–Crippen MR) is 58.4 cm³/mol. The van der Waals surface area contributed by atoms with Crippen LogP contribution in [0, 0.1) is 5.41 Å². The fraction of sp³-hybridized carbons (Fsp3) is 1.00. The lowest BCUT2D eigenvalue weighted by Gasteiger charge is -2.40. The maximum absolute atomic E-state index is 5.48. The van der Waals surface area contributed by atoms with Crippen molar-refractivity contribution in [2.45, 2.75) is 52.1 Å². The van der Waals surface area contributed by atoms with Crippen LogP contribution in [0.3, 0.4) is 0 Å². The van der Waals surface area contributed by atoms with E-state index >= 15 is 0 Å². The SMILES string of the molecule is CC(C)N1CCC2(CCOCC2)C1C. The summed E-state index contributed by atoms with van der Waals surface area (Å²) in [6, 6.07) is 1.46. The summed E-state index contributed by atoms with van der Waals surface area (Å²) in [6.45, 7) is 10.3. The Kier molecular flexibility index (Phi) is 2.85. The van der Waals surface area contributed by atoms with Crippen molar-refractivity contribution in [3.05, 3.63) is 0 Å². The average molecular weight is 197 g/mol. The Morgan fingerprint density at radius 1 is 1.21 bits per heavy atom. The van der Waals surface area contributed by atoms with Gasteiger partial charge in [0.05, 0.1) is 0 Å². The molecule has 2 fully saturated rings. The van der Waals surface area contributed by atoms with E-state index < -0.39 is 0 Å². The van der Waals surface area contributed by atoms with Crippen LogP contribution >= 0.6 is 0 Å². The molecule has 2 saturated heterocycles. The molecule has 2 heteroatoms. The van der Waals surface area contributed by atoms with Gasteiger partial charge in [-0.25, -0.2) is 0 Å². The molecule has 0 saturated carbocycles. The highest BCUT2D eigenvalue weighted by Crippen LogP contribution is 2.45. The third-order valence-corrected chi connectivity index (χ3v) is 4.40. The van der Waals surface area contributed by atoms with Gasteiger partial charge in [0.25, 0.3) is 0 Å². The van der Waals surface area contributed by atoms with Gasteiger partial charge < -0.3 is 4.74 Å². The van der Waals surface area contributed by atoms with Crippen LogP contribution in [0.5, 0.6) is 0 Å². The summed E-state index contributed by atoms with van der Waals surface area (Å²) in [7, 11) is 0. The molecule has 0 bridgehead atoms. The summed E-state index contributed by atoms with van der Waals surface area (Å²) in [4.78, 5) is 2.66. The average Bonchev–Trinajstić information content (AvgIpc) is 2.46. The molecule has 0 N–H and O–H groups in total. The Bertz CT molecular complexity index is 196. The van der Waals surface area contributed by atoms with Crippen molar-refractivity contribution in [3.63, 3.8) is 0 Å². The molecule has 0 aromatic carbocycles. The highest BCUT2D eigenvalue weighted by Gasteiger charge is 2.45. The molecule has 82 valence electrons. The lowest BCUT2D eigenvalue weighted by atomic mass is 9.74. The van der Waals surface area contributed by atoms with Gasteiger partial charge in [-0.15, -0.1) is 0 Å². The maximum atomic E-state index is 5.48. The van der Waals surface area contributed by atoms with Crippen LogP contribution < -0.4 is 0 Å². The van der Waals surface area contributed by atoms with Crippen LogP contribution in [0.2, 0.25) is 0 Å². The molecule has 2 rings (SSSR count). The minimum atomic E-state index is 0.586. The van der Waals surface area contributed by atoms with Crippen molar-refractivity contribution in [2.75, 3.05) is 19.8 Å². The third kappa shape index (κ3) is 1.59. The molecule has 14 heavy (non-hydrogen) atoms. The van der Waals surface area contributed by atoms with Crippen molar-refractivity contribution < 1.29 is 4.74 Å². The number of rotatable bonds is 1. The van der Waals surface area contributed by atoms with Gasteiger partial charge in [-0.05, 0) is 52.0 Å². The molecule has 2 nitrogen and oxygen atoms in total. The van der Waals surface area contributed by atoms with Crippen LogP contribution in [0.1, 0.15) is 40.0 Å². The molecule has 0 aromatic heterocycles. The number of nitrogens with zero attached hydrogens (tertiary/aromatic N) is 1. The molecule has 0 aromatic rings. The monoisotopic (exact) mass is 197 g/mol. The van der Waals surface area contributed by atoms with Crippen LogP contribution in [0.25, 0.3) is 0 Å². The van der Waals surface area contributed by atoms with Crippen molar-refractivity contribution in [1.82, 2.24) is 4.90 Å². The largest absolute Gasteiger partial charge is 0.381 e. The maximum Gasteiger partial charge on any atom is 0.0471 e. The highest BCUT2D eigenvalue weighted by molar-refractivity contribution is 4.98. The van der Waals surface area contributed by atoms with Gasteiger partial charge in [0.2, 0.25) is 0 Å². The van der Waals surface area contributed by atoms with Gasteiger partial charge in [-0.3, -0.25) is 4.90 Å². The van der Waals surface area contributed by atoms with E-state index in [1.165, 1.54) is 25.8 Å². The Hall–Kier alpha value is -0.0800. The topological polar surface area (TPSA) is 12.5 Å². The zero-order valence-corrected chi connectivity index (χ0v) is 9.75. The summed E-state index contributed by atoms with van der Waals surface area (Å²) in [5.41, 5.74) is 0.586. The van der Waals surface area contributed by atoms with E-state index in [-0.39, 0.29) is 0 Å². The predicted octanol–water partition coefficient (Wildman–Crippen LogP) is 2.29. The molecule has 1 atom stereocenters. The number of hydrogen-bond donors (Lipinski definition) is 0. The minimum absolute atomic E-state index is 0.586. The number of ether oxygens (including phenoxy) is 1. The van der Waals surface area contributed by atoms with E-state index in [0.717, 1.165) is 19.3 Å². The van der Waals surface area contributed by atoms with Crippen molar-refractivity contribution in [1.29, 1.82) is 0 Å². The molecular weight excluding hydrogens is 174 g/mol. The third-order valence-electron chi connectivity index (χ3n) is 4.40. The smallest absolute Gasteiger partial charge is 0.0471 e.